The van der Waals surface area contributed by atoms with E-state index in [1.807, 2.05) is 18.2 Å². The van der Waals surface area contributed by atoms with Crippen molar-refractivity contribution in [2.45, 2.75) is 131 Å². The van der Waals surface area contributed by atoms with Crippen molar-refractivity contribution in [3.8, 4) is 11.1 Å². The average molecular weight is 627 g/mol. The fourth-order valence-electron chi connectivity index (χ4n) is 6.31. The molecule has 0 aliphatic heterocycles. The number of Topliss-reactive ketones (excluding diaryl/α,β-unsaturated/α-hetero) is 2. The molecule has 0 radical (unpaired) electrons. The second kappa shape index (κ2) is 13.9. The Bertz CT molecular complexity index is 1510. The molecule has 0 saturated heterocycles. The third-order valence-electron chi connectivity index (χ3n) is 10.5. The zero-order valence-corrected chi connectivity index (χ0v) is 31.4. The Morgan fingerprint density at radius 3 is 1.87 bits per heavy atom. The molecular weight excluding hydrogens is 569 g/mol. The van der Waals surface area contributed by atoms with Crippen LogP contribution in [0.4, 0.5) is 0 Å². The molecule has 1 atom stereocenters. The summed E-state index contributed by atoms with van der Waals surface area (Å²) in [6.45, 7) is 28.9. The van der Waals surface area contributed by atoms with Crippen LogP contribution >= 0.6 is 0 Å². The molecule has 0 aromatic heterocycles. The van der Waals surface area contributed by atoms with Crippen molar-refractivity contribution >= 4 is 19.9 Å². The van der Waals surface area contributed by atoms with Gasteiger partial charge in [-0.15, -0.1) is 0 Å². The summed E-state index contributed by atoms with van der Waals surface area (Å²) in [6, 6.07) is 21.3. The first-order valence-corrected chi connectivity index (χ1v) is 19.7. The number of hydrogen-bond donors (Lipinski definition) is 0. The summed E-state index contributed by atoms with van der Waals surface area (Å²) >= 11 is 0. The van der Waals surface area contributed by atoms with Gasteiger partial charge in [0, 0.05) is 17.9 Å². The first kappa shape index (κ1) is 36.6. The normalized spacial score (nSPS) is 13.5. The molecular formula is C41H58O3Si. The Labute approximate surface area is 275 Å². The maximum atomic E-state index is 12.3. The molecule has 3 aromatic rings. The van der Waals surface area contributed by atoms with Crippen molar-refractivity contribution < 1.29 is 14.0 Å². The summed E-state index contributed by atoms with van der Waals surface area (Å²) in [4.78, 5) is 24.0. The third kappa shape index (κ3) is 8.13. The summed E-state index contributed by atoms with van der Waals surface area (Å²) in [5.74, 6) is -0.886. The van der Waals surface area contributed by atoms with Crippen LogP contribution in [0.3, 0.4) is 0 Å². The van der Waals surface area contributed by atoms with Crippen molar-refractivity contribution in [2.75, 3.05) is 0 Å². The second-order valence-corrected chi connectivity index (χ2v) is 20.5. The number of benzene rings is 3. The predicted molar refractivity (Wildman–Crippen MR) is 194 cm³/mol. The SMILES string of the molecule is CCC(CC)(c1ccc(CCC(O[Si](C)(C)C(C)(C)C)C(C)(C)C)c(C)c1)c1ccc(-c2cccc(C(=O)C(C)=O)c2)c(C)c1. The van der Waals surface area contributed by atoms with Gasteiger partial charge in [-0.25, -0.2) is 0 Å². The van der Waals surface area contributed by atoms with Crippen LogP contribution in [0.15, 0.2) is 60.7 Å². The lowest BCUT2D eigenvalue weighted by molar-refractivity contribution is -0.113. The van der Waals surface area contributed by atoms with Crippen LogP contribution in [0.2, 0.25) is 18.1 Å². The van der Waals surface area contributed by atoms with E-state index in [1.54, 1.807) is 6.07 Å². The largest absolute Gasteiger partial charge is 0.413 e. The van der Waals surface area contributed by atoms with Crippen molar-refractivity contribution in [1.29, 1.82) is 0 Å². The molecule has 4 heteroatoms. The van der Waals surface area contributed by atoms with Gasteiger partial charge in [0.2, 0.25) is 5.78 Å². The fourth-order valence-corrected chi connectivity index (χ4v) is 7.85. The molecule has 0 aliphatic rings. The summed E-state index contributed by atoms with van der Waals surface area (Å²) < 4.78 is 6.99. The number of carbonyl (C=O) groups is 2. The van der Waals surface area contributed by atoms with Gasteiger partial charge in [0.15, 0.2) is 14.1 Å². The van der Waals surface area contributed by atoms with Crippen LogP contribution in [0.25, 0.3) is 11.1 Å². The van der Waals surface area contributed by atoms with E-state index in [-0.39, 0.29) is 22.0 Å². The zero-order chi connectivity index (χ0) is 34.0. The van der Waals surface area contributed by atoms with E-state index < -0.39 is 19.9 Å². The third-order valence-corrected chi connectivity index (χ3v) is 15.0. The summed E-state index contributed by atoms with van der Waals surface area (Å²) in [5.41, 5.74) is 9.04. The van der Waals surface area contributed by atoms with Gasteiger partial charge in [0.05, 0.1) is 6.10 Å². The maximum absolute atomic E-state index is 12.3. The molecule has 0 fully saturated rings. The molecule has 1 unspecified atom stereocenters. The van der Waals surface area contributed by atoms with E-state index in [0.29, 0.717) is 5.56 Å². The van der Waals surface area contributed by atoms with Crippen LogP contribution in [0.5, 0.6) is 0 Å². The minimum Gasteiger partial charge on any atom is -0.413 e. The second-order valence-electron chi connectivity index (χ2n) is 15.7. The van der Waals surface area contributed by atoms with Crippen LogP contribution in [0.1, 0.15) is 120 Å². The number of ketones is 2. The molecule has 0 saturated carbocycles. The smallest absolute Gasteiger partial charge is 0.228 e. The number of aryl methyl sites for hydroxylation is 3. The molecule has 0 heterocycles. The lowest BCUT2D eigenvalue weighted by atomic mass is 9.69. The minimum absolute atomic E-state index is 0.0806. The van der Waals surface area contributed by atoms with Crippen molar-refractivity contribution in [3.63, 3.8) is 0 Å². The van der Waals surface area contributed by atoms with Gasteiger partial charge in [-0.05, 0) is 108 Å². The molecule has 0 amide bonds. The van der Waals surface area contributed by atoms with Crippen molar-refractivity contribution in [3.05, 3.63) is 94.0 Å². The maximum Gasteiger partial charge on any atom is 0.228 e. The highest BCUT2D eigenvalue weighted by Crippen LogP contribution is 2.43. The summed E-state index contributed by atoms with van der Waals surface area (Å²) in [7, 11) is -1.88. The Morgan fingerprint density at radius 1 is 0.800 bits per heavy atom. The molecule has 45 heavy (non-hydrogen) atoms. The molecule has 3 rings (SSSR count). The number of carbonyl (C=O) groups excluding carboxylic acids is 2. The quantitative estimate of drug-likeness (QED) is 0.114. The molecule has 0 bridgehead atoms. The van der Waals surface area contributed by atoms with E-state index >= 15 is 0 Å². The fraction of sp³-hybridized carbons (Fsp3) is 0.512. The first-order valence-electron chi connectivity index (χ1n) is 16.8. The van der Waals surface area contributed by atoms with Crippen molar-refractivity contribution in [2.24, 2.45) is 5.41 Å². The lowest BCUT2D eigenvalue weighted by Gasteiger charge is -2.43. The van der Waals surface area contributed by atoms with Crippen molar-refractivity contribution in [1.82, 2.24) is 0 Å². The van der Waals surface area contributed by atoms with Crippen LogP contribution < -0.4 is 0 Å². The molecule has 0 spiro atoms. The topological polar surface area (TPSA) is 43.4 Å². The molecule has 3 aromatic carbocycles. The van der Waals surface area contributed by atoms with E-state index in [1.165, 1.54) is 29.2 Å². The Balaban J connectivity index is 1.92. The van der Waals surface area contributed by atoms with E-state index in [9.17, 15) is 9.59 Å². The Kier molecular flexibility index (Phi) is 11.3. The molecule has 0 aliphatic carbocycles. The summed E-state index contributed by atoms with van der Waals surface area (Å²) in [6.07, 6.45) is 4.23. The first-order chi connectivity index (χ1) is 20.8. The molecule has 0 N–H and O–H groups in total. The van der Waals surface area contributed by atoms with Gasteiger partial charge in [0.25, 0.3) is 0 Å². The van der Waals surface area contributed by atoms with Gasteiger partial charge in [-0.1, -0.05) is 110 Å². The molecule has 3 nitrogen and oxygen atoms in total. The van der Waals surface area contributed by atoms with Crippen LogP contribution in [0, 0.1) is 19.3 Å². The van der Waals surface area contributed by atoms with Gasteiger partial charge in [-0.2, -0.15) is 0 Å². The highest BCUT2D eigenvalue weighted by Gasteiger charge is 2.41. The predicted octanol–water partition coefficient (Wildman–Crippen LogP) is 11.2. The van der Waals surface area contributed by atoms with Gasteiger partial charge >= 0.3 is 0 Å². The standard InChI is InChI=1S/C41H58O3Si/c1-14-41(15-2,35-22-23-36(29(4)26-35)32-17-16-18-33(27-32)38(43)30(5)42)34-21-19-31(28(3)25-34)20-24-37(39(6,7)8)44-45(12,13)40(9,10)11/h16-19,21-23,25-27,37H,14-15,20,24H2,1-13H3. The zero-order valence-electron chi connectivity index (χ0n) is 30.4. The highest BCUT2D eigenvalue weighted by atomic mass is 28.4. The van der Waals surface area contributed by atoms with E-state index in [0.717, 1.165) is 42.4 Å². The number of rotatable bonds is 12. The van der Waals surface area contributed by atoms with Gasteiger partial charge in [0.1, 0.15) is 0 Å². The van der Waals surface area contributed by atoms with Crippen LogP contribution in [-0.4, -0.2) is 26.0 Å². The highest BCUT2D eigenvalue weighted by molar-refractivity contribution is 6.74. The Morgan fingerprint density at radius 2 is 1.38 bits per heavy atom. The van der Waals surface area contributed by atoms with Gasteiger partial charge < -0.3 is 4.43 Å². The molecule has 244 valence electrons. The Hall–Kier alpha value is -2.82. The van der Waals surface area contributed by atoms with Crippen LogP contribution in [-0.2, 0) is 21.1 Å². The van der Waals surface area contributed by atoms with Gasteiger partial charge in [-0.3, -0.25) is 9.59 Å². The average Bonchev–Trinajstić information content (AvgIpc) is 2.95. The minimum atomic E-state index is -1.88. The van der Waals surface area contributed by atoms with E-state index in [2.05, 4.69) is 119 Å². The van der Waals surface area contributed by atoms with E-state index in [4.69, 9.17) is 4.43 Å². The monoisotopic (exact) mass is 626 g/mol. The lowest BCUT2D eigenvalue weighted by Crippen LogP contribution is -2.47. The number of hydrogen-bond acceptors (Lipinski definition) is 3. The summed E-state index contributed by atoms with van der Waals surface area (Å²) in [5, 5.41) is 0.187.